The van der Waals surface area contributed by atoms with Crippen molar-refractivity contribution in [3.05, 3.63) is 35.1 Å². The lowest BCUT2D eigenvalue weighted by Crippen LogP contribution is -2.45. The molecule has 2 N–H and O–H groups in total. The lowest BCUT2D eigenvalue weighted by Gasteiger charge is -2.30. The largest absolute Gasteiger partial charge is 0.379 e. The standard InChI is InChI=1S/C18H30FN3O/c1-12-8-9-14(10-15(12)19)13(2)22-17(20-6)21-11-16(23-7)18(3,4)5/h8-10,13,16H,11H2,1-7H3,(H2,20,21,22). The minimum absolute atomic E-state index is 0.0340. The maximum Gasteiger partial charge on any atom is 0.191 e. The highest BCUT2D eigenvalue weighted by molar-refractivity contribution is 5.80. The van der Waals surface area contributed by atoms with Gasteiger partial charge in [0.15, 0.2) is 5.96 Å². The molecule has 0 aliphatic rings. The number of ether oxygens (including phenoxy) is 1. The Morgan fingerprint density at radius 2 is 2.00 bits per heavy atom. The summed E-state index contributed by atoms with van der Waals surface area (Å²) < 4.78 is 19.2. The molecule has 1 rings (SSSR count). The molecule has 23 heavy (non-hydrogen) atoms. The van der Waals surface area contributed by atoms with Crippen LogP contribution in [0.15, 0.2) is 23.2 Å². The van der Waals surface area contributed by atoms with Gasteiger partial charge in [-0.1, -0.05) is 32.9 Å². The van der Waals surface area contributed by atoms with E-state index in [2.05, 4.69) is 36.4 Å². The highest BCUT2D eigenvalue weighted by atomic mass is 19.1. The summed E-state index contributed by atoms with van der Waals surface area (Å²) in [6, 6.07) is 5.23. The van der Waals surface area contributed by atoms with Crippen molar-refractivity contribution in [2.24, 2.45) is 10.4 Å². The van der Waals surface area contributed by atoms with E-state index in [1.54, 1.807) is 33.2 Å². The highest BCUT2D eigenvalue weighted by Crippen LogP contribution is 2.21. The van der Waals surface area contributed by atoms with E-state index in [0.717, 1.165) is 5.56 Å². The number of halogens is 1. The van der Waals surface area contributed by atoms with Crippen molar-refractivity contribution in [3.63, 3.8) is 0 Å². The number of benzene rings is 1. The van der Waals surface area contributed by atoms with Gasteiger partial charge in [-0.2, -0.15) is 0 Å². The first kappa shape index (κ1) is 19.4. The second-order valence-corrected chi connectivity index (χ2v) is 6.92. The molecule has 5 heteroatoms. The van der Waals surface area contributed by atoms with Crippen molar-refractivity contribution in [2.45, 2.75) is 46.8 Å². The van der Waals surface area contributed by atoms with Gasteiger partial charge in [0.1, 0.15) is 5.82 Å². The van der Waals surface area contributed by atoms with Crippen LogP contribution in [0.3, 0.4) is 0 Å². The third-order valence-corrected chi connectivity index (χ3v) is 3.98. The van der Waals surface area contributed by atoms with Crippen LogP contribution in [0.4, 0.5) is 4.39 Å². The number of aliphatic imine (C=N–C) groups is 1. The first-order chi connectivity index (χ1) is 10.7. The van der Waals surface area contributed by atoms with E-state index in [9.17, 15) is 4.39 Å². The zero-order chi connectivity index (χ0) is 17.6. The maximum atomic E-state index is 13.7. The Bertz CT molecular complexity index is 538. The fourth-order valence-corrected chi connectivity index (χ4v) is 2.29. The SMILES string of the molecule is CN=C(NCC(OC)C(C)(C)C)NC(C)c1ccc(C)c(F)c1. The summed E-state index contributed by atoms with van der Waals surface area (Å²) in [7, 11) is 3.43. The number of nitrogens with zero attached hydrogens (tertiary/aromatic N) is 1. The molecule has 2 atom stereocenters. The summed E-state index contributed by atoms with van der Waals surface area (Å²) >= 11 is 0. The first-order valence-electron chi connectivity index (χ1n) is 7.95. The molecule has 1 aromatic carbocycles. The molecule has 0 heterocycles. The van der Waals surface area contributed by atoms with Gasteiger partial charge in [-0.3, -0.25) is 4.99 Å². The molecule has 0 amide bonds. The third kappa shape index (κ3) is 5.82. The zero-order valence-corrected chi connectivity index (χ0v) is 15.3. The highest BCUT2D eigenvalue weighted by Gasteiger charge is 2.24. The monoisotopic (exact) mass is 323 g/mol. The van der Waals surface area contributed by atoms with Crippen LogP contribution in [0, 0.1) is 18.2 Å². The van der Waals surface area contributed by atoms with Crippen LogP contribution in [-0.4, -0.2) is 32.8 Å². The van der Waals surface area contributed by atoms with Crippen molar-refractivity contribution in [2.75, 3.05) is 20.7 Å². The maximum absolute atomic E-state index is 13.7. The smallest absolute Gasteiger partial charge is 0.191 e. The summed E-state index contributed by atoms with van der Waals surface area (Å²) in [5.74, 6) is 0.482. The summed E-state index contributed by atoms with van der Waals surface area (Å²) in [4.78, 5) is 4.23. The number of aryl methyl sites for hydroxylation is 1. The fourth-order valence-electron chi connectivity index (χ4n) is 2.29. The van der Waals surface area contributed by atoms with E-state index in [-0.39, 0.29) is 23.4 Å². The Morgan fingerprint density at radius 3 is 2.48 bits per heavy atom. The van der Waals surface area contributed by atoms with Gasteiger partial charge >= 0.3 is 0 Å². The minimum atomic E-state index is -0.189. The predicted molar refractivity (Wildman–Crippen MR) is 94.3 cm³/mol. The third-order valence-electron chi connectivity index (χ3n) is 3.98. The quantitative estimate of drug-likeness (QED) is 0.645. The predicted octanol–water partition coefficient (Wildman–Crippen LogP) is 3.42. The molecule has 2 unspecified atom stereocenters. The van der Waals surface area contributed by atoms with Crippen molar-refractivity contribution in [3.8, 4) is 0 Å². The van der Waals surface area contributed by atoms with Crippen LogP contribution < -0.4 is 10.6 Å². The van der Waals surface area contributed by atoms with Gasteiger partial charge in [-0.15, -0.1) is 0 Å². The number of rotatable bonds is 5. The van der Waals surface area contributed by atoms with Crippen LogP contribution in [0.25, 0.3) is 0 Å². The Balaban J connectivity index is 2.67. The molecule has 130 valence electrons. The lowest BCUT2D eigenvalue weighted by molar-refractivity contribution is 0.0205. The molecule has 0 aromatic heterocycles. The zero-order valence-electron chi connectivity index (χ0n) is 15.3. The number of hydrogen-bond donors (Lipinski definition) is 2. The van der Waals surface area contributed by atoms with Crippen molar-refractivity contribution in [1.29, 1.82) is 0 Å². The Morgan fingerprint density at radius 1 is 1.35 bits per heavy atom. The van der Waals surface area contributed by atoms with Gasteiger partial charge < -0.3 is 15.4 Å². The molecule has 0 spiro atoms. The molecule has 0 radical (unpaired) electrons. The fraction of sp³-hybridized carbons (Fsp3) is 0.611. The molecule has 4 nitrogen and oxygen atoms in total. The van der Waals surface area contributed by atoms with E-state index < -0.39 is 0 Å². The Hall–Kier alpha value is -1.62. The van der Waals surface area contributed by atoms with E-state index >= 15 is 0 Å². The second-order valence-electron chi connectivity index (χ2n) is 6.92. The van der Waals surface area contributed by atoms with Gasteiger partial charge in [-0.25, -0.2) is 4.39 Å². The second kappa shape index (κ2) is 8.29. The van der Waals surface area contributed by atoms with Crippen LogP contribution in [0.5, 0.6) is 0 Å². The normalized spacial score (nSPS) is 15.2. The molecule has 0 fully saturated rings. The van der Waals surface area contributed by atoms with Gasteiger partial charge in [0.25, 0.3) is 0 Å². The van der Waals surface area contributed by atoms with Crippen molar-refractivity contribution in [1.82, 2.24) is 10.6 Å². The van der Waals surface area contributed by atoms with Crippen LogP contribution in [-0.2, 0) is 4.74 Å². The number of hydrogen-bond acceptors (Lipinski definition) is 2. The number of guanidine groups is 1. The molecular weight excluding hydrogens is 293 g/mol. The molecule has 0 aliphatic heterocycles. The van der Waals surface area contributed by atoms with E-state index in [1.165, 1.54) is 0 Å². The summed E-state index contributed by atoms with van der Waals surface area (Å²) in [6.07, 6.45) is 0.0631. The number of methoxy groups -OCH3 is 1. The van der Waals surface area contributed by atoms with Crippen molar-refractivity contribution < 1.29 is 9.13 Å². The van der Waals surface area contributed by atoms with Crippen LogP contribution >= 0.6 is 0 Å². The summed E-state index contributed by atoms with van der Waals surface area (Å²) in [6.45, 7) is 10.8. The lowest BCUT2D eigenvalue weighted by atomic mass is 9.89. The van der Waals surface area contributed by atoms with Crippen LogP contribution in [0.2, 0.25) is 0 Å². The average Bonchev–Trinajstić information content (AvgIpc) is 2.47. The van der Waals surface area contributed by atoms with E-state index in [4.69, 9.17) is 4.74 Å². The van der Waals surface area contributed by atoms with E-state index in [1.807, 2.05) is 13.0 Å². The first-order valence-corrected chi connectivity index (χ1v) is 7.95. The van der Waals surface area contributed by atoms with Crippen LogP contribution in [0.1, 0.15) is 44.9 Å². The molecule has 0 bridgehead atoms. The molecule has 0 saturated carbocycles. The molecular formula is C18H30FN3O. The van der Waals surface area contributed by atoms with Gasteiger partial charge in [0.05, 0.1) is 12.1 Å². The average molecular weight is 323 g/mol. The molecule has 1 aromatic rings. The van der Waals surface area contributed by atoms with Crippen molar-refractivity contribution >= 4 is 5.96 Å². The molecule has 0 saturated heterocycles. The Labute approximate surface area is 139 Å². The van der Waals surface area contributed by atoms with Gasteiger partial charge in [0.2, 0.25) is 0 Å². The topological polar surface area (TPSA) is 45.7 Å². The van der Waals surface area contributed by atoms with E-state index in [0.29, 0.717) is 18.1 Å². The summed E-state index contributed by atoms with van der Waals surface area (Å²) in [5, 5.41) is 6.55. The molecule has 0 aliphatic carbocycles. The summed E-state index contributed by atoms with van der Waals surface area (Å²) in [5.41, 5.74) is 1.57. The minimum Gasteiger partial charge on any atom is -0.379 e. The Kier molecular flexibility index (Phi) is 7.01. The van der Waals surface area contributed by atoms with Gasteiger partial charge in [-0.05, 0) is 36.5 Å². The van der Waals surface area contributed by atoms with Gasteiger partial charge in [0, 0.05) is 20.7 Å². The number of nitrogens with one attached hydrogen (secondary N) is 2.